The molecule has 3 N–H and O–H groups in total. The Labute approximate surface area is 190 Å². The minimum absolute atomic E-state index is 0.00108. The molecule has 0 unspecified atom stereocenters. The normalized spacial score (nSPS) is 47.6. The third kappa shape index (κ3) is 3.51. The zero-order valence-corrected chi connectivity index (χ0v) is 19.9. The number of carbonyl (C=O) groups is 3. The van der Waals surface area contributed by atoms with Crippen LogP contribution in [0.15, 0.2) is 0 Å². The van der Waals surface area contributed by atoms with Crippen molar-refractivity contribution in [2.45, 2.75) is 96.8 Å². The number of hydrogen-bond donors (Lipinski definition) is 3. The van der Waals surface area contributed by atoms with Crippen LogP contribution in [-0.2, 0) is 19.1 Å². The molecule has 0 aliphatic heterocycles. The predicted octanol–water partition coefficient (Wildman–Crippen LogP) is 2.37. The molecular formula is C25H39NO6. The second-order valence-electron chi connectivity index (χ2n) is 11.5. The van der Waals surface area contributed by atoms with Crippen LogP contribution in [0.5, 0.6) is 0 Å². The van der Waals surface area contributed by atoms with E-state index in [1.165, 1.54) is 6.92 Å². The molecule has 0 aromatic heterocycles. The number of ketones is 1. The van der Waals surface area contributed by atoms with Crippen LogP contribution in [0, 0.1) is 34.5 Å². The average molecular weight is 450 g/mol. The lowest BCUT2D eigenvalue weighted by Gasteiger charge is -2.63. The first-order valence-corrected chi connectivity index (χ1v) is 12.3. The number of nitrogens with one attached hydrogen (secondary N) is 1. The second-order valence-corrected chi connectivity index (χ2v) is 11.5. The fourth-order valence-electron chi connectivity index (χ4n) is 8.55. The standard InChI is InChI=1S/C25H39NO6/c1-14(27)26-17-7-9-23(3)16(11-17)5-6-18-19-8-10-25(31,21(30)13-32-15(2)28)24(19,4)12-20(29)22(18)23/h16-20,22,29,31H,5-13H2,1-4H3,(H,26,27)/t16-,17+,18+,19+,20+,22-,23+,24+,25+/m1/s1. The van der Waals surface area contributed by atoms with E-state index in [4.69, 9.17) is 4.74 Å². The molecule has 1 amide bonds. The predicted molar refractivity (Wildman–Crippen MR) is 117 cm³/mol. The summed E-state index contributed by atoms with van der Waals surface area (Å²) in [6.45, 7) is 6.68. The van der Waals surface area contributed by atoms with E-state index in [1.807, 2.05) is 6.92 Å². The van der Waals surface area contributed by atoms with Gasteiger partial charge in [0, 0.05) is 25.3 Å². The lowest BCUT2D eigenvalue weighted by Crippen LogP contribution is -2.63. The van der Waals surface area contributed by atoms with Gasteiger partial charge in [-0.2, -0.15) is 0 Å². The van der Waals surface area contributed by atoms with Crippen molar-refractivity contribution in [1.29, 1.82) is 0 Å². The van der Waals surface area contributed by atoms with E-state index in [9.17, 15) is 24.6 Å². The van der Waals surface area contributed by atoms with E-state index in [0.29, 0.717) is 18.8 Å². The number of esters is 1. The Kier molecular flexibility index (Phi) is 5.98. The summed E-state index contributed by atoms with van der Waals surface area (Å²) in [5.74, 6) is 0.0589. The lowest BCUT2D eigenvalue weighted by atomic mass is 9.43. The van der Waals surface area contributed by atoms with Crippen molar-refractivity contribution in [1.82, 2.24) is 5.32 Å². The van der Waals surface area contributed by atoms with Crippen LogP contribution in [0.25, 0.3) is 0 Å². The molecule has 32 heavy (non-hydrogen) atoms. The maximum Gasteiger partial charge on any atom is 0.303 e. The molecule has 0 spiro atoms. The number of carbonyl (C=O) groups excluding carboxylic acids is 3. The summed E-state index contributed by atoms with van der Waals surface area (Å²) in [5.41, 5.74) is -2.29. The summed E-state index contributed by atoms with van der Waals surface area (Å²) in [4.78, 5) is 35.7. The van der Waals surface area contributed by atoms with Crippen LogP contribution < -0.4 is 5.32 Å². The Bertz CT molecular complexity index is 799. The van der Waals surface area contributed by atoms with Gasteiger partial charge < -0.3 is 20.3 Å². The van der Waals surface area contributed by atoms with Crippen LogP contribution in [-0.4, -0.2) is 52.2 Å². The van der Waals surface area contributed by atoms with Crippen LogP contribution in [0.1, 0.15) is 79.1 Å². The summed E-state index contributed by atoms with van der Waals surface area (Å²) in [6.07, 6.45) is 5.79. The Balaban J connectivity index is 1.57. The molecule has 4 aliphatic rings. The van der Waals surface area contributed by atoms with Crippen molar-refractivity contribution in [3.05, 3.63) is 0 Å². The van der Waals surface area contributed by atoms with Gasteiger partial charge in [0.15, 0.2) is 6.61 Å². The Morgan fingerprint density at radius 3 is 2.44 bits per heavy atom. The fraction of sp³-hybridized carbons (Fsp3) is 0.880. The first kappa shape index (κ1) is 23.7. The fourth-order valence-corrected chi connectivity index (χ4v) is 8.55. The largest absolute Gasteiger partial charge is 0.458 e. The Morgan fingerprint density at radius 2 is 1.78 bits per heavy atom. The van der Waals surface area contributed by atoms with Gasteiger partial charge in [-0.05, 0) is 80.5 Å². The van der Waals surface area contributed by atoms with Gasteiger partial charge in [0.1, 0.15) is 5.60 Å². The third-order valence-electron chi connectivity index (χ3n) is 10.0. The number of rotatable bonds is 4. The van der Waals surface area contributed by atoms with E-state index in [2.05, 4.69) is 12.2 Å². The van der Waals surface area contributed by atoms with E-state index in [1.54, 1.807) is 6.92 Å². The molecule has 4 rings (SSSR count). The molecule has 4 fully saturated rings. The summed E-state index contributed by atoms with van der Waals surface area (Å²) >= 11 is 0. The molecule has 4 aliphatic carbocycles. The van der Waals surface area contributed by atoms with Crippen molar-refractivity contribution in [3.63, 3.8) is 0 Å². The van der Waals surface area contributed by atoms with E-state index < -0.39 is 35.5 Å². The number of aliphatic hydroxyl groups is 2. The molecule has 180 valence electrons. The summed E-state index contributed by atoms with van der Waals surface area (Å²) in [5, 5.41) is 26.1. The molecule has 0 radical (unpaired) electrons. The van der Waals surface area contributed by atoms with Gasteiger partial charge in [0.2, 0.25) is 11.7 Å². The number of aliphatic hydroxyl groups excluding tert-OH is 1. The monoisotopic (exact) mass is 449 g/mol. The maximum atomic E-state index is 13.0. The smallest absolute Gasteiger partial charge is 0.303 e. The summed E-state index contributed by atoms with van der Waals surface area (Å²) in [6, 6.07) is 0.212. The second kappa shape index (κ2) is 8.08. The van der Waals surface area contributed by atoms with Crippen LogP contribution in [0.2, 0.25) is 0 Å². The number of amides is 1. The highest BCUT2D eigenvalue weighted by Gasteiger charge is 2.68. The van der Waals surface area contributed by atoms with Crippen molar-refractivity contribution in [2.75, 3.05) is 6.61 Å². The van der Waals surface area contributed by atoms with Crippen molar-refractivity contribution in [3.8, 4) is 0 Å². The van der Waals surface area contributed by atoms with Gasteiger partial charge >= 0.3 is 5.97 Å². The van der Waals surface area contributed by atoms with Crippen LogP contribution >= 0.6 is 0 Å². The molecule has 7 heteroatoms. The number of Topliss-reactive ketones (excluding diaryl/α,β-unsaturated/α-hetero) is 1. The van der Waals surface area contributed by atoms with Gasteiger partial charge in [-0.3, -0.25) is 14.4 Å². The van der Waals surface area contributed by atoms with Gasteiger partial charge in [0.05, 0.1) is 6.10 Å². The molecular weight excluding hydrogens is 410 g/mol. The van der Waals surface area contributed by atoms with Gasteiger partial charge in [-0.25, -0.2) is 0 Å². The molecule has 9 atom stereocenters. The molecule has 0 aromatic carbocycles. The van der Waals surface area contributed by atoms with E-state index >= 15 is 0 Å². The van der Waals surface area contributed by atoms with Crippen molar-refractivity contribution in [2.24, 2.45) is 34.5 Å². The highest BCUT2D eigenvalue weighted by molar-refractivity contribution is 5.91. The van der Waals surface area contributed by atoms with Crippen LogP contribution in [0.3, 0.4) is 0 Å². The molecule has 0 heterocycles. The first-order valence-electron chi connectivity index (χ1n) is 12.3. The molecule has 4 saturated carbocycles. The average Bonchev–Trinajstić information content (AvgIpc) is 2.97. The topological polar surface area (TPSA) is 113 Å². The minimum Gasteiger partial charge on any atom is -0.458 e. The summed E-state index contributed by atoms with van der Waals surface area (Å²) < 4.78 is 4.92. The highest BCUT2D eigenvalue weighted by Crippen LogP contribution is 2.68. The zero-order valence-electron chi connectivity index (χ0n) is 19.9. The van der Waals surface area contributed by atoms with Gasteiger partial charge in [-0.15, -0.1) is 0 Å². The molecule has 0 bridgehead atoms. The SMILES string of the molecule is CC(=O)N[C@H]1CC[C@@]2(C)[C@H](CC[C@@H]3[C@@H]2[C@@H](O)C[C@@]2(C)[C@H]3CC[C@]2(O)C(=O)COC(C)=O)C1. The van der Waals surface area contributed by atoms with Crippen molar-refractivity contribution >= 4 is 17.7 Å². The quantitative estimate of drug-likeness (QED) is 0.568. The number of ether oxygens (including phenoxy) is 1. The highest BCUT2D eigenvalue weighted by atomic mass is 16.5. The Hall–Kier alpha value is -1.47. The lowest BCUT2D eigenvalue weighted by molar-refractivity contribution is -0.200. The van der Waals surface area contributed by atoms with Crippen molar-refractivity contribution < 1.29 is 29.3 Å². The van der Waals surface area contributed by atoms with E-state index in [0.717, 1.165) is 38.5 Å². The first-order chi connectivity index (χ1) is 14.9. The zero-order chi connectivity index (χ0) is 23.5. The number of fused-ring (bicyclic) bond motifs is 5. The number of hydrogen-bond acceptors (Lipinski definition) is 6. The molecule has 7 nitrogen and oxygen atoms in total. The van der Waals surface area contributed by atoms with E-state index in [-0.39, 0.29) is 35.1 Å². The maximum absolute atomic E-state index is 13.0. The minimum atomic E-state index is -1.57. The Morgan fingerprint density at radius 1 is 1.06 bits per heavy atom. The summed E-state index contributed by atoms with van der Waals surface area (Å²) in [7, 11) is 0. The molecule has 0 saturated heterocycles. The van der Waals surface area contributed by atoms with Gasteiger partial charge in [0.25, 0.3) is 0 Å². The molecule has 0 aromatic rings. The van der Waals surface area contributed by atoms with Crippen LogP contribution in [0.4, 0.5) is 0 Å². The third-order valence-corrected chi connectivity index (χ3v) is 10.0. The van der Waals surface area contributed by atoms with Gasteiger partial charge in [-0.1, -0.05) is 13.8 Å².